The molecule has 0 aliphatic carbocycles. The van der Waals surface area contributed by atoms with Gasteiger partial charge in [0.05, 0.1) is 17.3 Å². The summed E-state index contributed by atoms with van der Waals surface area (Å²) in [5, 5.41) is 9.37. The van der Waals surface area contributed by atoms with Gasteiger partial charge in [0.25, 0.3) is 0 Å². The van der Waals surface area contributed by atoms with Gasteiger partial charge in [0, 0.05) is 12.5 Å². The first-order valence-electron chi connectivity index (χ1n) is 6.46. The Kier molecular flexibility index (Phi) is 3.09. The van der Waals surface area contributed by atoms with E-state index >= 15 is 0 Å². The molecule has 3 aromatic rings. The molecule has 0 saturated heterocycles. The van der Waals surface area contributed by atoms with Crippen molar-refractivity contribution >= 4 is 11.0 Å². The molecule has 19 heavy (non-hydrogen) atoms. The van der Waals surface area contributed by atoms with E-state index < -0.39 is 0 Å². The fourth-order valence-electron chi connectivity index (χ4n) is 2.28. The summed E-state index contributed by atoms with van der Waals surface area (Å²) < 4.78 is 5.34. The van der Waals surface area contributed by atoms with Gasteiger partial charge in [-0.25, -0.2) is 4.98 Å². The Morgan fingerprint density at radius 1 is 1.37 bits per heavy atom. The van der Waals surface area contributed by atoms with Crippen molar-refractivity contribution in [2.75, 3.05) is 6.61 Å². The number of hydrogen-bond acceptors (Lipinski definition) is 3. The summed E-state index contributed by atoms with van der Waals surface area (Å²) >= 11 is 0. The first kappa shape index (κ1) is 12.0. The number of nitrogens with zero attached hydrogens (tertiary/aromatic N) is 1. The molecule has 2 aromatic heterocycles. The molecule has 0 saturated carbocycles. The number of aromatic amines is 1. The zero-order valence-corrected chi connectivity index (χ0v) is 10.8. The summed E-state index contributed by atoms with van der Waals surface area (Å²) in [6.07, 6.45) is 2.55. The predicted octanol–water partition coefficient (Wildman–Crippen LogP) is 3.31. The Balaban J connectivity index is 2.04. The molecule has 1 atom stereocenters. The summed E-state index contributed by atoms with van der Waals surface area (Å²) in [7, 11) is 0. The van der Waals surface area contributed by atoms with E-state index in [0.717, 1.165) is 34.6 Å². The number of rotatable bonds is 4. The number of benzene rings is 1. The Bertz CT molecular complexity index is 667. The molecule has 0 radical (unpaired) electrons. The van der Waals surface area contributed by atoms with Gasteiger partial charge in [-0.2, -0.15) is 0 Å². The highest BCUT2D eigenvalue weighted by Crippen LogP contribution is 2.25. The highest BCUT2D eigenvalue weighted by Gasteiger charge is 2.11. The zero-order valence-electron chi connectivity index (χ0n) is 10.8. The number of H-pyrrole nitrogens is 1. The van der Waals surface area contributed by atoms with Crippen molar-refractivity contribution in [2.24, 2.45) is 0 Å². The predicted molar refractivity (Wildman–Crippen MR) is 73.9 cm³/mol. The molecular formula is C15H16N2O2. The third-order valence-corrected chi connectivity index (χ3v) is 3.45. The minimum atomic E-state index is 0.168. The number of aliphatic hydroxyl groups excluding tert-OH is 1. The number of nitrogens with one attached hydrogen (secondary N) is 1. The van der Waals surface area contributed by atoms with Crippen LogP contribution in [0.2, 0.25) is 0 Å². The monoisotopic (exact) mass is 256 g/mol. The van der Waals surface area contributed by atoms with Crippen LogP contribution < -0.4 is 0 Å². The van der Waals surface area contributed by atoms with E-state index in [1.807, 2.05) is 24.3 Å². The van der Waals surface area contributed by atoms with E-state index in [1.165, 1.54) is 0 Å². The van der Waals surface area contributed by atoms with Gasteiger partial charge in [0.1, 0.15) is 0 Å². The maximum Gasteiger partial charge on any atom is 0.174 e. The first-order chi connectivity index (χ1) is 9.31. The van der Waals surface area contributed by atoms with Gasteiger partial charge in [-0.15, -0.1) is 0 Å². The first-order valence-corrected chi connectivity index (χ1v) is 6.46. The fourth-order valence-corrected chi connectivity index (χ4v) is 2.28. The van der Waals surface area contributed by atoms with Gasteiger partial charge in [-0.1, -0.05) is 13.0 Å². The number of imidazole rings is 1. The van der Waals surface area contributed by atoms with Crippen molar-refractivity contribution in [3.05, 3.63) is 42.2 Å². The summed E-state index contributed by atoms with van der Waals surface area (Å²) in [4.78, 5) is 7.75. The smallest absolute Gasteiger partial charge is 0.174 e. The van der Waals surface area contributed by atoms with Crippen LogP contribution in [0.25, 0.3) is 22.6 Å². The van der Waals surface area contributed by atoms with Crippen LogP contribution in [-0.4, -0.2) is 21.7 Å². The zero-order chi connectivity index (χ0) is 13.2. The third-order valence-electron chi connectivity index (χ3n) is 3.45. The lowest BCUT2D eigenvalue weighted by Gasteiger charge is -2.11. The van der Waals surface area contributed by atoms with Crippen LogP contribution in [0, 0.1) is 0 Å². The molecule has 4 nitrogen and oxygen atoms in total. The maximum absolute atomic E-state index is 9.37. The Morgan fingerprint density at radius 3 is 2.95 bits per heavy atom. The second kappa shape index (κ2) is 4.90. The fraction of sp³-hybridized carbons (Fsp3) is 0.267. The van der Waals surface area contributed by atoms with Gasteiger partial charge < -0.3 is 14.5 Å². The molecular weight excluding hydrogens is 240 g/mol. The molecule has 0 aliphatic heterocycles. The molecule has 0 spiro atoms. The van der Waals surface area contributed by atoms with E-state index in [9.17, 15) is 5.11 Å². The Labute approximate surface area is 111 Å². The maximum atomic E-state index is 9.37. The lowest BCUT2D eigenvalue weighted by molar-refractivity contribution is 0.262. The van der Waals surface area contributed by atoms with Crippen LogP contribution in [0.5, 0.6) is 0 Å². The topological polar surface area (TPSA) is 62.1 Å². The molecule has 1 aromatic carbocycles. The standard InChI is InChI=1S/C15H16N2O2/c1-2-10(9-18)11-5-6-12-13(8-11)17-15(16-12)14-4-3-7-19-14/h3-8,10,18H,2,9H2,1H3,(H,16,17). The van der Waals surface area contributed by atoms with Crippen LogP contribution >= 0.6 is 0 Å². The van der Waals surface area contributed by atoms with Crippen molar-refractivity contribution in [3.8, 4) is 11.6 Å². The lowest BCUT2D eigenvalue weighted by atomic mass is 9.97. The Hall–Kier alpha value is -2.07. The van der Waals surface area contributed by atoms with Crippen LogP contribution in [0.3, 0.4) is 0 Å². The van der Waals surface area contributed by atoms with Crippen molar-refractivity contribution in [3.63, 3.8) is 0 Å². The quantitative estimate of drug-likeness (QED) is 0.752. The number of aromatic nitrogens is 2. The highest BCUT2D eigenvalue weighted by molar-refractivity contribution is 5.79. The third kappa shape index (κ3) is 2.15. The summed E-state index contributed by atoms with van der Waals surface area (Å²) in [5.74, 6) is 1.64. The number of hydrogen-bond donors (Lipinski definition) is 2. The SMILES string of the molecule is CCC(CO)c1ccc2nc(-c3ccco3)[nH]c2c1. The van der Waals surface area contributed by atoms with Crippen molar-refractivity contribution in [2.45, 2.75) is 19.3 Å². The molecule has 0 fully saturated rings. The van der Waals surface area contributed by atoms with Crippen LogP contribution in [-0.2, 0) is 0 Å². The molecule has 2 heterocycles. The van der Waals surface area contributed by atoms with Gasteiger partial charge >= 0.3 is 0 Å². The van der Waals surface area contributed by atoms with Gasteiger partial charge in [-0.3, -0.25) is 0 Å². The Morgan fingerprint density at radius 2 is 2.26 bits per heavy atom. The van der Waals surface area contributed by atoms with Gasteiger partial charge in [0.15, 0.2) is 11.6 Å². The van der Waals surface area contributed by atoms with Crippen molar-refractivity contribution in [1.29, 1.82) is 0 Å². The second-order valence-corrected chi connectivity index (χ2v) is 4.63. The van der Waals surface area contributed by atoms with E-state index in [4.69, 9.17) is 4.42 Å². The van der Waals surface area contributed by atoms with E-state index in [-0.39, 0.29) is 12.5 Å². The largest absolute Gasteiger partial charge is 0.461 e. The normalized spacial score (nSPS) is 12.9. The molecule has 98 valence electrons. The minimum absolute atomic E-state index is 0.168. The second-order valence-electron chi connectivity index (χ2n) is 4.63. The van der Waals surface area contributed by atoms with Crippen molar-refractivity contribution < 1.29 is 9.52 Å². The van der Waals surface area contributed by atoms with Gasteiger partial charge in [0.2, 0.25) is 0 Å². The number of aliphatic hydroxyl groups is 1. The molecule has 2 N–H and O–H groups in total. The summed E-state index contributed by atoms with van der Waals surface area (Å²) in [6.45, 7) is 2.24. The molecule has 1 unspecified atom stereocenters. The summed E-state index contributed by atoms with van der Waals surface area (Å²) in [6, 6.07) is 9.78. The summed E-state index contributed by atoms with van der Waals surface area (Å²) in [5.41, 5.74) is 3.01. The molecule has 0 bridgehead atoms. The molecule has 0 amide bonds. The molecule has 3 rings (SSSR count). The average molecular weight is 256 g/mol. The number of furan rings is 1. The van der Waals surface area contributed by atoms with E-state index in [2.05, 4.69) is 23.0 Å². The number of fused-ring (bicyclic) bond motifs is 1. The van der Waals surface area contributed by atoms with E-state index in [0.29, 0.717) is 0 Å². The van der Waals surface area contributed by atoms with Crippen LogP contribution in [0.15, 0.2) is 41.0 Å². The minimum Gasteiger partial charge on any atom is -0.461 e. The van der Waals surface area contributed by atoms with Crippen LogP contribution in [0.4, 0.5) is 0 Å². The van der Waals surface area contributed by atoms with Gasteiger partial charge in [-0.05, 0) is 36.2 Å². The highest BCUT2D eigenvalue weighted by atomic mass is 16.3. The lowest BCUT2D eigenvalue weighted by Crippen LogP contribution is -2.02. The molecule has 4 heteroatoms. The van der Waals surface area contributed by atoms with E-state index in [1.54, 1.807) is 6.26 Å². The average Bonchev–Trinajstić information content (AvgIpc) is 3.08. The molecule has 0 aliphatic rings. The van der Waals surface area contributed by atoms with Crippen molar-refractivity contribution in [1.82, 2.24) is 9.97 Å². The van der Waals surface area contributed by atoms with Crippen LogP contribution in [0.1, 0.15) is 24.8 Å².